The number of nitrogens with zero attached hydrogens (tertiary/aromatic N) is 1. The quantitative estimate of drug-likeness (QED) is 0.413. The monoisotopic (exact) mass is 355 g/mol. The maximum atomic E-state index is 12.2. The number of carbonyl (C=O) groups is 2. The summed E-state index contributed by atoms with van der Waals surface area (Å²) < 4.78 is 10.2. The topological polar surface area (TPSA) is 55.8 Å². The summed E-state index contributed by atoms with van der Waals surface area (Å²) >= 11 is 0. The number of likely N-dealkylation sites (N-methyl/N-ethyl adjacent to an activating group) is 1. The number of hydrogen-bond donors (Lipinski definition) is 0. The molecule has 0 saturated heterocycles. The molecule has 0 radical (unpaired) electrons. The van der Waals surface area contributed by atoms with E-state index in [1.54, 1.807) is 27.8 Å². The van der Waals surface area contributed by atoms with Crippen molar-refractivity contribution in [2.24, 2.45) is 0 Å². The molecule has 6 heteroatoms. The second kappa shape index (κ2) is 9.73. The Morgan fingerprint density at radius 1 is 1.12 bits per heavy atom. The van der Waals surface area contributed by atoms with Gasteiger partial charge in [-0.05, 0) is 38.9 Å². The highest BCUT2D eigenvalue weighted by atomic mass is 28.3. The van der Waals surface area contributed by atoms with Gasteiger partial charge in [-0.15, -0.1) is 11.5 Å². The minimum atomic E-state index is -1.58. The zero-order valence-corrected chi connectivity index (χ0v) is 17.5. The Labute approximate surface area is 148 Å². The van der Waals surface area contributed by atoms with E-state index in [2.05, 4.69) is 32.2 Å². The van der Waals surface area contributed by atoms with Crippen molar-refractivity contribution in [1.29, 1.82) is 0 Å². The largest absolute Gasteiger partial charge is 0.467 e. The van der Waals surface area contributed by atoms with E-state index in [9.17, 15) is 9.59 Å². The van der Waals surface area contributed by atoms with Crippen LogP contribution in [0.5, 0.6) is 0 Å². The van der Waals surface area contributed by atoms with E-state index in [4.69, 9.17) is 9.47 Å². The van der Waals surface area contributed by atoms with Gasteiger partial charge in [-0.3, -0.25) is 4.90 Å². The van der Waals surface area contributed by atoms with Gasteiger partial charge in [-0.2, -0.15) is 0 Å². The van der Waals surface area contributed by atoms with Crippen LogP contribution in [0.1, 0.15) is 48.0 Å². The third-order valence-electron chi connectivity index (χ3n) is 4.30. The van der Waals surface area contributed by atoms with Crippen molar-refractivity contribution in [2.45, 2.75) is 77.7 Å². The van der Waals surface area contributed by atoms with Crippen molar-refractivity contribution in [3.8, 4) is 11.5 Å². The molecule has 0 unspecified atom stereocenters. The van der Waals surface area contributed by atoms with Gasteiger partial charge in [0.25, 0.3) is 0 Å². The van der Waals surface area contributed by atoms with E-state index < -0.39 is 31.8 Å². The van der Waals surface area contributed by atoms with Gasteiger partial charge in [-0.1, -0.05) is 20.8 Å². The minimum absolute atomic E-state index is 0.261. The standard InChI is InChI=1S/C18H33NO4Si/c1-9-24(10-2,11-3)14-12-13-15(16(20)22-8)19(7)17(21)23-18(4,5)6/h15H,9-11,13H2,1-8H3/t15-/m1/s1. The third kappa shape index (κ3) is 6.96. The number of hydrogen-bond acceptors (Lipinski definition) is 4. The SMILES string of the molecule is CC[Si](C#CC[C@H](C(=O)OC)N(C)C(=O)OC(C)(C)C)(CC)CC. The Hall–Kier alpha value is -1.48. The van der Waals surface area contributed by atoms with Crippen molar-refractivity contribution in [1.82, 2.24) is 4.90 Å². The summed E-state index contributed by atoms with van der Waals surface area (Å²) in [5, 5.41) is 0. The van der Waals surface area contributed by atoms with Crippen molar-refractivity contribution < 1.29 is 19.1 Å². The highest BCUT2D eigenvalue weighted by Crippen LogP contribution is 2.19. The number of esters is 1. The highest BCUT2D eigenvalue weighted by molar-refractivity contribution is 6.87. The van der Waals surface area contributed by atoms with Crippen molar-refractivity contribution in [2.75, 3.05) is 14.2 Å². The predicted molar refractivity (Wildman–Crippen MR) is 99.4 cm³/mol. The van der Waals surface area contributed by atoms with Gasteiger partial charge in [0, 0.05) is 13.5 Å². The van der Waals surface area contributed by atoms with Gasteiger partial charge in [0.05, 0.1) is 7.11 Å². The van der Waals surface area contributed by atoms with Crippen LogP contribution < -0.4 is 0 Å². The van der Waals surface area contributed by atoms with E-state index in [1.807, 2.05) is 0 Å². The summed E-state index contributed by atoms with van der Waals surface area (Å²) in [5.41, 5.74) is 2.82. The Morgan fingerprint density at radius 2 is 1.62 bits per heavy atom. The molecule has 0 rings (SSSR count). The van der Waals surface area contributed by atoms with E-state index >= 15 is 0 Å². The average molecular weight is 356 g/mol. The molecule has 0 aliphatic heterocycles. The summed E-state index contributed by atoms with van der Waals surface area (Å²) in [6.07, 6.45) is -0.290. The van der Waals surface area contributed by atoms with Crippen LogP contribution in [-0.2, 0) is 14.3 Å². The van der Waals surface area contributed by atoms with Crippen LogP contribution >= 0.6 is 0 Å². The third-order valence-corrected chi connectivity index (χ3v) is 9.07. The number of ether oxygens (including phenoxy) is 2. The molecule has 0 heterocycles. The van der Waals surface area contributed by atoms with Crippen LogP contribution in [-0.4, -0.2) is 50.8 Å². The van der Waals surface area contributed by atoms with Crippen LogP contribution in [0.4, 0.5) is 4.79 Å². The van der Waals surface area contributed by atoms with Crippen LogP contribution in [0.25, 0.3) is 0 Å². The molecule has 0 aromatic heterocycles. The molecule has 0 saturated carbocycles. The maximum absolute atomic E-state index is 12.2. The van der Waals surface area contributed by atoms with Crippen LogP contribution in [0.15, 0.2) is 0 Å². The molecule has 0 aliphatic carbocycles. The first-order chi connectivity index (χ1) is 11.1. The van der Waals surface area contributed by atoms with Gasteiger partial charge in [0.2, 0.25) is 0 Å². The van der Waals surface area contributed by atoms with Gasteiger partial charge >= 0.3 is 12.1 Å². The van der Waals surface area contributed by atoms with E-state index in [1.165, 1.54) is 12.0 Å². The molecule has 0 bridgehead atoms. The number of rotatable bonds is 6. The number of methoxy groups -OCH3 is 1. The molecule has 0 aliphatic rings. The number of carbonyl (C=O) groups excluding carboxylic acids is 2. The van der Waals surface area contributed by atoms with E-state index in [0.717, 1.165) is 18.1 Å². The highest BCUT2D eigenvalue weighted by Gasteiger charge is 2.31. The first-order valence-electron chi connectivity index (χ1n) is 8.59. The molecule has 1 atom stereocenters. The first kappa shape index (κ1) is 22.5. The van der Waals surface area contributed by atoms with Gasteiger partial charge in [0.1, 0.15) is 19.7 Å². The molecule has 138 valence electrons. The Balaban J connectivity index is 5.25. The lowest BCUT2D eigenvalue weighted by Gasteiger charge is -2.28. The Bertz CT molecular complexity index is 475. The van der Waals surface area contributed by atoms with Crippen LogP contribution in [0, 0.1) is 11.5 Å². The molecule has 0 fully saturated rings. The molecule has 0 spiro atoms. The number of amides is 1. The smallest absolute Gasteiger partial charge is 0.410 e. The molecule has 0 N–H and O–H groups in total. The summed E-state index contributed by atoms with van der Waals surface area (Å²) in [4.78, 5) is 25.5. The predicted octanol–water partition coefficient (Wildman–Crippen LogP) is 3.84. The lowest BCUT2D eigenvalue weighted by atomic mass is 10.2. The van der Waals surface area contributed by atoms with Gasteiger partial charge in [-0.25, -0.2) is 9.59 Å². The summed E-state index contributed by atoms with van der Waals surface area (Å²) in [5.74, 6) is 2.68. The van der Waals surface area contributed by atoms with Crippen LogP contribution in [0.3, 0.4) is 0 Å². The second-order valence-electron chi connectivity index (χ2n) is 6.98. The molecule has 5 nitrogen and oxygen atoms in total. The summed E-state index contributed by atoms with van der Waals surface area (Å²) in [6.45, 7) is 11.9. The lowest BCUT2D eigenvalue weighted by Crippen LogP contribution is -2.45. The van der Waals surface area contributed by atoms with Crippen LogP contribution in [0.2, 0.25) is 18.1 Å². The Kier molecular flexibility index (Phi) is 9.12. The fraction of sp³-hybridized carbons (Fsp3) is 0.778. The molecular formula is C18H33NO4Si. The maximum Gasteiger partial charge on any atom is 0.410 e. The second-order valence-corrected chi connectivity index (χ2v) is 11.9. The zero-order valence-electron chi connectivity index (χ0n) is 16.5. The summed E-state index contributed by atoms with van der Waals surface area (Å²) in [7, 11) is 1.28. The van der Waals surface area contributed by atoms with Crippen molar-refractivity contribution >= 4 is 20.1 Å². The van der Waals surface area contributed by atoms with Crippen molar-refractivity contribution in [3.63, 3.8) is 0 Å². The Morgan fingerprint density at radius 3 is 2.00 bits per heavy atom. The molecule has 0 aromatic carbocycles. The van der Waals surface area contributed by atoms with Crippen molar-refractivity contribution in [3.05, 3.63) is 0 Å². The molecule has 1 amide bonds. The normalized spacial score (nSPS) is 12.7. The molecule has 24 heavy (non-hydrogen) atoms. The van der Waals surface area contributed by atoms with Gasteiger partial charge < -0.3 is 9.47 Å². The zero-order chi connectivity index (χ0) is 19.0. The molecule has 0 aromatic rings. The average Bonchev–Trinajstić information content (AvgIpc) is 2.53. The fourth-order valence-electron chi connectivity index (χ4n) is 2.33. The first-order valence-corrected chi connectivity index (χ1v) is 11.2. The molecular weight excluding hydrogens is 322 g/mol. The summed E-state index contributed by atoms with van der Waals surface area (Å²) in [6, 6.07) is 2.53. The minimum Gasteiger partial charge on any atom is -0.467 e. The lowest BCUT2D eigenvalue weighted by molar-refractivity contribution is -0.146. The van der Waals surface area contributed by atoms with E-state index in [0.29, 0.717) is 0 Å². The van der Waals surface area contributed by atoms with Gasteiger partial charge in [0.15, 0.2) is 0 Å². The fourth-order valence-corrected chi connectivity index (χ4v) is 4.83. The van der Waals surface area contributed by atoms with E-state index in [-0.39, 0.29) is 6.42 Å².